The third kappa shape index (κ3) is 1.96. The summed E-state index contributed by atoms with van der Waals surface area (Å²) >= 11 is 3.18. The van der Waals surface area contributed by atoms with Gasteiger partial charge in [0.05, 0.1) is 5.69 Å². The zero-order valence-electron chi connectivity index (χ0n) is 11.3. The van der Waals surface area contributed by atoms with E-state index in [0.29, 0.717) is 11.4 Å². The standard InChI is InChI=1S/C15H11FN2O2S2/c16-9-3-5-10(6-4-9)17-13(19)11-8-22-14(18(11)15(17)20)12-2-1-7-21-12/h1-7,11,14H,8H2/t11-,14-/m0/s1. The molecule has 2 aliphatic heterocycles. The number of halogens is 1. The van der Waals surface area contributed by atoms with Crippen LogP contribution in [0.1, 0.15) is 10.3 Å². The molecule has 2 aromatic rings. The quantitative estimate of drug-likeness (QED) is 0.790. The van der Waals surface area contributed by atoms with E-state index < -0.39 is 11.9 Å². The van der Waals surface area contributed by atoms with Crippen molar-refractivity contribution in [3.8, 4) is 0 Å². The number of rotatable bonds is 2. The van der Waals surface area contributed by atoms with Crippen molar-refractivity contribution >= 4 is 40.7 Å². The molecule has 3 heterocycles. The molecule has 0 radical (unpaired) electrons. The monoisotopic (exact) mass is 334 g/mol. The van der Waals surface area contributed by atoms with Crippen LogP contribution in [0.15, 0.2) is 41.8 Å². The smallest absolute Gasteiger partial charge is 0.294 e. The minimum Gasteiger partial charge on any atom is -0.294 e. The molecule has 0 saturated carbocycles. The van der Waals surface area contributed by atoms with Gasteiger partial charge in [-0.05, 0) is 35.7 Å². The van der Waals surface area contributed by atoms with Crippen LogP contribution in [0.5, 0.6) is 0 Å². The van der Waals surface area contributed by atoms with Crippen LogP contribution in [-0.4, -0.2) is 28.6 Å². The number of hydrogen-bond acceptors (Lipinski definition) is 4. The fourth-order valence-electron chi connectivity index (χ4n) is 2.77. The molecule has 4 rings (SSSR count). The van der Waals surface area contributed by atoms with Crippen LogP contribution >= 0.6 is 23.1 Å². The van der Waals surface area contributed by atoms with Gasteiger partial charge in [-0.3, -0.25) is 9.69 Å². The average Bonchev–Trinajstić information content (AvgIpc) is 3.21. The van der Waals surface area contributed by atoms with Crippen molar-refractivity contribution in [1.82, 2.24) is 4.90 Å². The summed E-state index contributed by atoms with van der Waals surface area (Å²) in [4.78, 5) is 29.1. The van der Waals surface area contributed by atoms with Crippen LogP contribution in [0.3, 0.4) is 0 Å². The number of amides is 3. The Labute approximate surface area is 134 Å². The van der Waals surface area contributed by atoms with Gasteiger partial charge in [0.2, 0.25) is 0 Å². The Morgan fingerprint density at radius 3 is 2.59 bits per heavy atom. The fourth-order valence-corrected chi connectivity index (χ4v) is 5.15. The van der Waals surface area contributed by atoms with Gasteiger partial charge >= 0.3 is 6.03 Å². The third-order valence-electron chi connectivity index (χ3n) is 3.79. The van der Waals surface area contributed by atoms with E-state index >= 15 is 0 Å². The molecule has 2 aliphatic rings. The van der Waals surface area contributed by atoms with Crippen molar-refractivity contribution in [1.29, 1.82) is 0 Å². The Morgan fingerprint density at radius 2 is 1.91 bits per heavy atom. The molecule has 0 aliphatic carbocycles. The number of fused-ring (bicyclic) bond motifs is 1. The van der Waals surface area contributed by atoms with Crippen molar-refractivity contribution in [2.24, 2.45) is 0 Å². The minimum absolute atomic E-state index is 0.119. The highest BCUT2D eigenvalue weighted by molar-refractivity contribution is 7.99. The summed E-state index contributed by atoms with van der Waals surface area (Å²) in [5, 5.41) is 1.84. The molecule has 1 aromatic carbocycles. The summed E-state index contributed by atoms with van der Waals surface area (Å²) in [5.74, 6) is -0.0382. The Balaban J connectivity index is 1.69. The largest absolute Gasteiger partial charge is 0.333 e. The lowest BCUT2D eigenvalue weighted by molar-refractivity contribution is -0.119. The summed E-state index contributed by atoms with van der Waals surface area (Å²) in [6.45, 7) is 0. The zero-order valence-corrected chi connectivity index (χ0v) is 12.9. The first kappa shape index (κ1) is 13.8. The van der Waals surface area contributed by atoms with Crippen molar-refractivity contribution < 1.29 is 14.0 Å². The molecule has 0 spiro atoms. The normalized spacial score (nSPS) is 24.2. The number of hydrogen-bond donors (Lipinski definition) is 0. The molecule has 0 bridgehead atoms. The summed E-state index contributed by atoms with van der Waals surface area (Å²) in [6.07, 6.45) is 0. The van der Waals surface area contributed by atoms with Crippen LogP contribution < -0.4 is 4.90 Å². The first-order valence-corrected chi connectivity index (χ1v) is 8.66. The molecule has 3 amide bonds. The molecular formula is C15H11FN2O2S2. The number of imide groups is 1. The van der Waals surface area contributed by atoms with Gasteiger partial charge < -0.3 is 0 Å². The molecule has 2 atom stereocenters. The average molecular weight is 334 g/mol. The molecule has 112 valence electrons. The molecule has 1 aromatic heterocycles. The lowest BCUT2D eigenvalue weighted by atomic mass is 10.2. The molecule has 0 N–H and O–H groups in total. The Kier molecular flexibility index (Phi) is 3.19. The summed E-state index contributed by atoms with van der Waals surface area (Å²) in [5.41, 5.74) is 0.417. The highest BCUT2D eigenvalue weighted by Crippen LogP contribution is 2.47. The maximum absolute atomic E-state index is 13.0. The fraction of sp³-hybridized carbons (Fsp3) is 0.200. The van der Waals surface area contributed by atoms with Gasteiger partial charge in [-0.2, -0.15) is 0 Å². The molecule has 2 fully saturated rings. The second-order valence-electron chi connectivity index (χ2n) is 5.06. The van der Waals surface area contributed by atoms with Gasteiger partial charge in [-0.1, -0.05) is 6.07 Å². The van der Waals surface area contributed by atoms with Crippen LogP contribution in [0, 0.1) is 5.82 Å². The molecule has 7 heteroatoms. The van der Waals surface area contributed by atoms with E-state index in [2.05, 4.69) is 0 Å². The maximum Gasteiger partial charge on any atom is 0.333 e. The van der Waals surface area contributed by atoms with Crippen molar-refractivity contribution in [2.45, 2.75) is 11.4 Å². The van der Waals surface area contributed by atoms with Gasteiger partial charge in [0.1, 0.15) is 17.2 Å². The molecular weight excluding hydrogens is 323 g/mol. The number of anilines is 1. The van der Waals surface area contributed by atoms with E-state index in [1.807, 2.05) is 17.5 Å². The highest BCUT2D eigenvalue weighted by Gasteiger charge is 2.53. The number of carbonyl (C=O) groups is 2. The lowest BCUT2D eigenvalue weighted by Gasteiger charge is -2.21. The Hall–Kier alpha value is -1.86. The van der Waals surface area contributed by atoms with Crippen molar-refractivity contribution in [3.63, 3.8) is 0 Å². The van der Waals surface area contributed by atoms with E-state index in [0.717, 1.165) is 9.78 Å². The number of thiophene rings is 1. The predicted molar refractivity (Wildman–Crippen MR) is 84.4 cm³/mol. The van der Waals surface area contributed by atoms with Crippen LogP contribution in [0.2, 0.25) is 0 Å². The summed E-state index contributed by atoms with van der Waals surface area (Å²) in [6, 6.07) is 8.58. The number of carbonyl (C=O) groups excluding carboxylic acids is 2. The Bertz CT molecular complexity index is 733. The Morgan fingerprint density at radius 1 is 1.14 bits per heavy atom. The van der Waals surface area contributed by atoms with E-state index in [9.17, 15) is 14.0 Å². The zero-order chi connectivity index (χ0) is 15.3. The summed E-state index contributed by atoms with van der Waals surface area (Å²) in [7, 11) is 0. The van der Waals surface area contributed by atoms with Crippen LogP contribution in [0.4, 0.5) is 14.9 Å². The van der Waals surface area contributed by atoms with Crippen LogP contribution in [-0.2, 0) is 4.79 Å². The van der Waals surface area contributed by atoms with Gasteiger partial charge in [0.25, 0.3) is 5.91 Å². The topological polar surface area (TPSA) is 40.6 Å². The van der Waals surface area contributed by atoms with Crippen LogP contribution in [0.25, 0.3) is 0 Å². The van der Waals surface area contributed by atoms with Crippen molar-refractivity contribution in [3.05, 3.63) is 52.5 Å². The SMILES string of the molecule is O=C1[C@@H]2CS[C@@H](c3cccs3)N2C(=O)N1c1ccc(F)cc1. The number of benzene rings is 1. The van der Waals surface area contributed by atoms with Gasteiger partial charge in [0.15, 0.2) is 0 Å². The predicted octanol–water partition coefficient (Wildman–Crippen LogP) is 3.47. The first-order chi connectivity index (χ1) is 10.7. The second kappa shape index (κ2) is 5.10. The van der Waals surface area contributed by atoms with Gasteiger partial charge in [0, 0.05) is 10.6 Å². The van der Waals surface area contributed by atoms with E-state index in [1.165, 1.54) is 24.3 Å². The lowest BCUT2D eigenvalue weighted by Crippen LogP contribution is -2.33. The highest BCUT2D eigenvalue weighted by atomic mass is 32.2. The van der Waals surface area contributed by atoms with Crippen molar-refractivity contribution in [2.75, 3.05) is 10.7 Å². The second-order valence-corrected chi connectivity index (χ2v) is 7.15. The van der Waals surface area contributed by atoms with Gasteiger partial charge in [-0.25, -0.2) is 14.1 Å². The van der Waals surface area contributed by atoms with Gasteiger partial charge in [-0.15, -0.1) is 23.1 Å². The molecule has 2 saturated heterocycles. The minimum atomic E-state index is -0.436. The van der Waals surface area contributed by atoms with E-state index in [-0.39, 0.29) is 17.3 Å². The van der Waals surface area contributed by atoms with E-state index in [4.69, 9.17) is 0 Å². The number of nitrogens with zero attached hydrogens (tertiary/aromatic N) is 2. The maximum atomic E-state index is 13.0. The molecule has 22 heavy (non-hydrogen) atoms. The molecule has 4 nitrogen and oxygen atoms in total. The number of thioether (sulfide) groups is 1. The van der Waals surface area contributed by atoms with E-state index in [1.54, 1.807) is 28.0 Å². The summed E-state index contributed by atoms with van der Waals surface area (Å²) < 4.78 is 13.0. The third-order valence-corrected chi connectivity index (χ3v) is 6.17. The first-order valence-electron chi connectivity index (χ1n) is 6.73. The number of urea groups is 1. The molecule has 0 unspecified atom stereocenters.